The summed E-state index contributed by atoms with van der Waals surface area (Å²) in [5.74, 6) is -0.0891. The summed E-state index contributed by atoms with van der Waals surface area (Å²) in [5, 5.41) is 11.5. The molecule has 0 bridgehead atoms. The number of hydrogen-bond donors (Lipinski definition) is 0. The third kappa shape index (κ3) is 14.6. The monoisotopic (exact) mass is 577 g/mol. The lowest BCUT2D eigenvalue weighted by Crippen LogP contribution is -2.08. The molecule has 0 aliphatic carbocycles. The first-order valence-electron chi connectivity index (χ1n) is 17.4. The molecule has 4 nitrogen and oxygen atoms in total. The van der Waals surface area contributed by atoms with Crippen molar-refractivity contribution in [2.75, 3.05) is 0 Å². The summed E-state index contributed by atoms with van der Waals surface area (Å²) >= 11 is 0. The summed E-state index contributed by atoms with van der Waals surface area (Å²) in [6, 6.07) is 11.2. The lowest BCUT2D eigenvalue weighted by Gasteiger charge is -2.13. The molecule has 0 spiro atoms. The second-order valence-corrected chi connectivity index (χ2v) is 12.5. The Labute approximate surface area is 257 Å². The highest BCUT2D eigenvalue weighted by molar-refractivity contribution is 6.10. The Morgan fingerprint density at radius 2 is 1.10 bits per heavy atom. The molecule has 2 aromatic rings. The molecule has 0 aromatic heterocycles. The predicted octanol–water partition coefficient (Wildman–Crippen LogP) is 12.1. The maximum atomic E-state index is 13.7. The number of carbonyl (C=O) groups is 1. The molecule has 0 saturated carbocycles. The summed E-state index contributed by atoms with van der Waals surface area (Å²) in [6.45, 7) is 6.34. The van der Waals surface area contributed by atoms with Gasteiger partial charge in [-0.25, -0.2) is 0 Å². The number of unbranched alkanes of at least 4 members (excludes halogenated alkanes) is 18. The molecule has 0 aliphatic heterocycles. The van der Waals surface area contributed by atoms with E-state index < -0.39 is 4.92 Å². The highest BCUT2D eigenvalue weighted by Crippen LogP contribution is 2.24. The van der Waals surface area contributed by atoms with Crippen LogP contribution in [0.25, 0.3) is 0 Å². The molecular formula is C38H59NO3. The summed E-state index contributed by atoms with van der Waals surface area (Å²) < 4.78 is 0. The van der Waals surface area contributed by atoms with Gasteiger partial charge in [0.25, 0.3) is 5.69 Å². The van der Waals surface area contributed by atoms with Crippen LogP contribution in [-0.2, 0) is 12.8 Å². The zero-order valence-corrected chi connectivity index (χ0v) is 27.2. The first-order chi connectivity index (χ1) is 20.5. The Morgan fingerprint density at radius 1 is 0.619 bits per heavy atom. The van der Waals surface area contributed by atoms with Gasteiger partial charge in [-0.05, 0) is 61.4 Å². The minimum Gasteiger partial charge on any atom is -0.289 e. The van der Waals surface area contributed by atoms with Crippen molar-refractivity contribution in [2.45, 2.75) is 162 Å². The molecule has 0 saturated heterocycles. The van der Waals surface area contributed by atoms with Gasteiger partial charge in [-0.15, -0.1) is 0 Å². The third-order valence-corrected chi connectivity index (χ3v) is 8.57. The van der Waals surface area contributed by atoms with Gasteiger partial charge in [0.1, 0.15) is 0 Å². The van der Waals surface area contributed by atoms with Gasteiger partial charge in [-0.2, -0.15) is 0 Å². The van der Waals surface area contributed by atoms with Crippen molar-refractivity contribution in [2.24, 2.45) is 0 Å². The van der Waals surface area contributed by atoms with E-state index in [1.165, 1.54) is 133 Å². The Balaban J connectivity index is 1.95. The fourth-order valence-corrected chi connectivity index (χ4v) is 5.98. The molecule has 0 aliphatic rings. The quantitative estimate of drug-likeness (QED) is 0.0510. The molecule has 0 atom stereocenters. The molecule has 234 valence electrons. The second kappa shape index (κ2) is 22.1. The number of ketones is 1. The van der Waals surface area contributed by atoms with Gasteiger partial charge in [0.2, 0.25) is 0 Å². The van der Waals surface area contributed by atoms with Crippen molar-refractivity contribution in [1.82, 2.24) is 0 Å². The molecule has 0 heterocycles. The van der Waals surface area contributed by atoms with Gasteiger partial charge in [0.15, 0.2) is 5.78 Å². The van der Waals surface area contributed by atoms with E-state index in [0.717, 1.165) is 42.4 Å². The Morgan fingerprint density at radius 3 is 1.60 bits per heavy atom. The number of nitrogens with zero attached hydrogens (tertiary/aromatic N) is 1. The molecule has 42 heavy (non-hydrogen) atoms. The van der Waals surface area contributed by atoms with E-state index in [4.69, 9.17) is 0 Å². The van der Waals surface area contributed by atoms with E-state index >= 15 is 0 Å². The Bertz CT molecular complexity index is 1040. The van der Waals surface area contributed by atoms with Crippen LogP contribution >= 0.6 is 0 Å². The topological polar surface area (TPSA) is 60.2 Å². The first kappa shape index (κ1) is 35.7. The van der Waals surface area contributed by atoms with Crippen LogP contribution in [0.15, 0.2) is 36.4 Å². The summed E-state index contributed by atoms with van der Waals surface area (Å²) in [5.41, 5.74) is 4.15. The van der Waals surface area contributed by atoms with Crippen LogP contribution in [0.4, 0.5) is 5.69 Å². The normalized spacial score (nSPS) is 11.2. The predicted molar refractivity (Wildman–Crippen MR) is 179 cm³/mol. The molecule has 0 N–H and O–H groups in total. The summed E-state index contributed by atoms with van der Waals surface area (Å²) in [7, 11) is 0. The van der Waals surface area contributed by atoms with Crippen LogP contribution in [0.3, 0.4) is 0 Å². The van der Waals surface area contributed by atoms with Crippen LogP contribution in [0, 0.1) is 17.0 Å². The second-order valence-electron chi connectivity index (χ2n) is 12.5. The van der Waals surface area contributed by atoms with Gasteiger partial charge in [-0.3, -0.25) is 14.9 Å². The molecule has 0 radical (unpaired) electrons. The lowest BCUT2D eigenvalue weighted by atomic mass is 9.91. The Hall–Kier alpha value is -2.49. The number of carbonyl (C=O) groups excluding carboxylic acids is 1. The molecule has 0 fully saturated rings. The van der Waals surface area contributed by atoms with E-state index in [1.807, 2.05) is 6.92 Å². The van der Waals surface area contributed by atoms with E-state index in [-0.39, 0.29) is 11.5 Å². The molecule has 2 rings (SSSR count). The van der Waals surface area contributed by atoms with Gasteiger partial charge >= 0.3 is 0 Å². The van der Waals surface area contributed by atoms with Crippen LogP contribution in [0.2, 0.25) is 0 Å². The van der Waals surface area contributed by atoms with E-state index in [9.17, 15) is 14.9 Å². The molecule has 4 heteroatoms. The minimum absolute atomic E-state index is 0.0175. The highest BCUT2D eigenvalue weighted by Gasteiger charge is 2.18. The largest absolute Gasteiger partial charge is 0.289 e. The summed E-state index contributed by atoms with van der Waals surface area (Å²) in [6.07, 6.45) is 27.8. The van der Waals surface area contributed by atoms with Crippen molar-refractivity contribution < 1.29 is 9.72 Å². The fraction of sp³-hybridized carbons (Fsp3) is 0.658. The number of non-ortho nitro benzene ring substituents is 1. The minimum atomic E-state index is -0.407. The van der Waals surface area contributed by atoms with Gasteiger partial charge in [0, 0.05) is 23.3 Å². The maximum absolute atomic E-state index is 13.7. The van der Waals surface area contributed by atoms with Crippen molar-refractivity contribution in [1.29, 1.82) is 0 Å². The number of aryl methyl sites for hydroxylation is 3. The van der Waals surface area contributed by atoms with Gasteiger partial charge in [0.05, 0.1) is 4.92 Å². The lowest BCUT2D eigenvalue weighted by molar-refractivity contribution is -0.384. The smallest absolute Gasteiger partial charge is 0.270 e. The molecule has 2 aromatic carbocycles. The van der Waals surface area contributed by atoms with Gasteiger partial charge in [-0.1, -0.05) is 142 Å². The average molecular weight is 578 g/mol. The number of benzene rings is 2. The van der Waals surface area contributed by atoms with Crippen LogP contribution in [0.5, 0.6) is 0 Å². The summed E-state index contributed by atoms with van der Waals surface area (Å²) in [4.78, 5) is 24.8. The fourth-order valence-electron chi connectivity index (χ4n) is 5.98. The van der Waals surface area contributed by atoms with Crippen LogP contribution in [0.1, 0.15) is 175 Å². The Kier molecular flexibility index (Phi) is 18.8. The average Bonchev–Trinajstić information content (AvgIpc) is 2.98. The van der Waals surface area contributed by atoms with Crippen molar-refractivity contribution in [3.8, 4) is 0 Å². The molecule has 0 amide bonds. The maximum Gasteiger partial charge on any atom is 0.270 e. The van der Waals surface area contributed by atoms with E-state index in [2.05, 4.69) is 32.0 Å². The zero-order valence-electron chi connectivity index (χ0n) is 27.2. The van der Waals surface area contributed by atoms with Crippen molar-refractivity contribution in [3.05, 3.63) is 74.3 Å². The third-order valence-electron chi connectivity index (χ3n) is 8.57. The van der Waals surface area contributed by atoms with E-state index in [1.54, 1.807) is 6.07 Å². The standard InChI is InChI=1S/C38H59NO3/c1-4-6-8-10-12-14-16-18-20-22-24-33-26-27-34(25-23-21-19-17-15-13-11-9-7-5-2)37(30-33)38(40)35-28-32(3)29-36(31-35)39(41)42/h26-31H,4-25H2,1-3H3. The molecular weight excluding hydrogens is 518 g/mol. The van der Waals surface area contributed by atoms with Crippen molar-refractivity contribution >= 4 is 11.5 Å². The number of nitro groups is 1. The van der Waals surface area contributed by atoms with E-state index in [0.29, 0.717) is 5.56 Å². The number of nitro benzene ring substituents is 1. The molecule has 0 unspecified atom stereocenters. The number of hydrogen-bond acceptors (Lipinski definition) is 3. The number of rotatable bonds is 25. The highest BCUT2D eigenvalue weighted by atomic mass is 16.6. The zero-order chi connectivity index (χ0) is 30.4. The van der Waals surface area contributed by atoms with Crippen molar-refractivity contribution in [3.63, 3.8) is 0 Å². The SMILES string of the molecule is CCCCCCCCCCCCc1ccc(CCCCCCCCCCCC)c(C(=O)c2cc(C)cc([N+](=O)[O-])c2)c1. The van der Waals surface area contributed by atoms with Crippen LogP contribution in [-0.4, -0.2) is 10.7 Å². The van der Waals surface area contributed by atoms with Crippen LogP contribution < -0.4 is 0 Å². The first-order valence-corrected chi connectivity index (χ1v) is 17.4. The van der Waals surface area contributed by atoms with Gasteiger partial charge < -0.3 is 0 Å².